The summed E-state index contributed by atoms with van der Waals surface area (Å²) in [6, 6.07) is 0. The quantitative estimate of drug-likeness (QED) is 0.466. The van der Waals surface area contributed by atoms with Gasteiger partial charge in [0.05, 0.1) is 12.2 Å². The van der Waals surface area contributed by atoms with Crippen molar-refractivity contribution in [1.29, 1.82) is 0 Å². The average molecular weight is 353 g/mol. The highest BCUT2D eigenvalue weighted by Crippen LogP contribution is 2.47. The van der Waals surface area contributed by atoms with Crippen molar-refractivity contribution in [2.45, 2.75) is 88.1 Å². The lowest BCUT2D eigenvalue weighted by Crippen LogP contribution is -2.29. The van der Waals surface area contributed by atoms with Crippen LogP contribution in [0.5, 0.6) is 0 Å². The van der Waals surface area contributed by atoms with Gasteiger partial charge in [-0.1, -0.05) is 31.4 Å². The van der Waals surface area contributed by atoms with Crippen LogP contribution in [0.2, 0.25) is 0 Å². The molecular weight excluding hydrogens is 320 g/mol. The molecule has 2 bridgehead atoms. The van der Waals surface area contributed by atoms with Crippen LogP contribution in [-0.4, -0.2) is 34.3 Å². The fraction of sp³-hybridized carbons (Fsp3) is 0.850. The van der Waals surface area contributed by atoms with Gasteiger partial charge in [-0.05, 0) is 62.5 Å². The Hall–Kier alpha value is -0.480. The summed E-state index contributed by atoms with van der Waals surface area (Å²) in [7, 11) is 0. The van der Waals surface area contributed by atoms with Gasteiger partial charge >= 0.3 is 5.97 Å². The van der Waals surface area contributed by atoms with Gasteiger partial charge in [-0.2, -0.15) is 11.8 Å². The van der Waals surface area contributed by atoms with E-state index in [2.05, 4.69) is 23.9 Å². The molecule has 0 aromatic rings. The van der Waals surface area contributed by atoms with Gasteiger partial charge in [0.2, 0.25) is 0 Å². The maximum atomic E-state index is 10.5. The Balaban J connectivity index is 1.42. The van der Waals surface area contributed by atoms with Gasteiger partial charge < -0.3 is 9.84 Å². The van der Waals surface area contributed by atoms with Crippen LogP contribution in [0, 0.1) is 11.8 Å². The summed E-state index contributed by atoms with van der Waals surface area (Å²) < 4.78 is 6.22. The monoisotopic (exact) mass is 352 g/mol. The van der Waals surface area contributed by atoms with E-state index >= 15 is 0 Å². The van der Waals surface area contributed by atoms with Crippen LogP contribution in [-0.2, 0) is 9.53 Å². The molecule has 4 heteroatoms. The molecule has 3 rings (SSSR count). The molecule has 2 heterocycles. The lowest BCUT2D eigenvalue weighted by atomic mass is 9.78. The molecule has 2 saturated heterocycles. The average Bonchev–Trinajstić information content (AvgIpc) is 3.18. The molecule has 1 aliphatic carbocycles. The highest BCUT2D eigenvalue weighted by atomic mass is 32.2. The first kappa shape index (κ1) is 18.3. The molecule has 2 aliphatic heterocycles. The minimum atomic E-state index is -0.690. The third-order valence-corrected chi connectivity index (χ3v) is 7.52. The van der Waals surface area contributed by atoms with E-state index in [1.807, 2.05) is 0 Å². The minimum Gasteiger partial charge on any atom is -0.481 e. The van der Waals surface area contributed by atoms with Crippen molar-refractivity contribution >= 4 is 17.7 Å². The molecule has 0 radical (unpaired) electrons. The molecule has 136 valence electrons. The number of fused-ring (bicyclic) bond motifs is 2. The number of carboxylic acid groups (broad SMARTS) is 1. The van der Waals surface area contributed by atoms with Crippen LogP contribution in [0.1, 0.15) is 70.6 Å². The van der Waals surface area contributed by atoms with Gasteiger partial charge in [0.25, 0.3) is 0 Å². The number of unbranched alkanes of at least 4 members (excludes halogenated alkanes) is 1. The van der Waals surface area contributed by atoms with Crippen molar-refractivity contribution in [2.24, 2.45) is 11.8 Å². The van der Waals surface area contributed by atoms with E-state index in [9.17, 15) is 4.79 Å². The van der Waals surface area contributed by atoms with Gasteiger partial charge in [0.15, 0.2) is 0 Å². The van der Waals surface area contributed by atoms with Crippen molar-refractivity contribution in [2.75, 3.05) is 5.75 Å². The van der Waals surface area contributed by atoms with Gasteiger partial charge in [-0.3, -0.25) is 4.79 Å². The number of allylic oxidation sites excluding steroid dienone is 2. The van der Waals surface area contributed by atoms with Gasteiger partial charge in [-0.15, -0.1) is 0 Å². The highest BCUT2D eigenvalue weighted by Gasteiger charge is 2.47. The van der Waals surface area contributed by atoms with E-state index in [0.29, 0.717) is 18.1 Å². The van der Waals surface area contributed by atoms with Gasteiger partial charge in [0, 0.05) is 11.7 Å². The fourth-order valence-electron chi connectivity index (χ4n) is 4.65. The summed E-state index contributed by atoms with van der Waals surface area (Å²) in [6.45, 7) is 0. The molecule has 24 heavy (non-hydrogen) atoms. The summed E-state index contributed by atoms with van der Waals surface area (Å²) in [6.07, 6.45) is 18.1. The number of carbonyl (C=O) groups is 1. The summed E-state index contributed by atoms with van der Waals surface area (Å²) >= 11 is 2.22. The van der Waals surface area contributed by atoms with Crippen molar-refractivity contribution in [3.63, 3.8) is 0 Å². The second-order valence-electron chi connectivity index (χ2n) is 7.70. The first-order valence-corrected chi connectivity index (χ1v) is 10.9. The smallest absolute Gasteiger partial charge is 0.303 e. The van der Waals surface area contributed by atoms with Crippen LogP contribution in [0.3, 0.4) is 0 Å². The molecule has 0 spiro atoms. The Kier molecular flexibility index (Phi) is 7.08. The molecule has 0 aromatic carbocycles. The molecule has 3 nitrogen and oxygen atoms in total. The van der Waals surface area contributed by atoms with E-state index in [4.69, 9.17) is 9.84 Å². The minimum absolute atomic E-state index is 0.280. The summed E-state index contributed by atoms with van der Waals surface area (Å²) in [4.78, 5) is 10.5. The number of rotatable bonds is 9. The first-order valence-electron chi connectivity index (χ1n) is 9.88. The molecule has 0 amide bonds. The molecule has 3 aliphatic rings. The third-order valence-electron chi connectivity index (χ3n) is 6.00. The number of hydrogen-bond donors (Lipinski definition) is 1. The number of ether oxygens (including phenoxy) is 1. The summed E-state index contributed by atoms with van der Waals surface area (Å²) in [5.41, 5.74) is 0. The standard InChI is InChI=1S/C20H32O3S/c21-20(22)11-7-2-1-6-10-16-17(19-13-12-18(16)23-19)14-24-15-8-4-3-5-9-15/h1,6,15-19H,2-5,7-14H2,(H,21,22)/b6-1-/t16-,17+,18-,19+/m1/s1. The topological polar surface area (TPSA) is 46.5 Å². The van der Waals surface area contributed by atoms with Crippen LogP contribution in [0.15, 0.2) is 12.2 Å². The Morgan fingerprint density at radius 1 is 1.04 bits per heavy atom. The van der Waals surface area contributed by atoms with E-state index in [-0.39, 0.29) is 6.42 Å². The van der Waals surface area contributed by atoms with E-state index in [1.54, 1.807) is 0 Å². The van der Waals surface area contributed by atoms with Crippen LogP contribution >= 0.6 is 11.8 Å². The lowest BCUT2D eigenvalue weighted by molar-refractivity contribution is -0.137. The van der Waals surface area contributed by atoms with E-state index < -0.39 is 5.97 Å². The third kappa shape index (κ3) is 5.01. The Labute approximate surface area is 150 Å². The number of aliphatic carboxylic acids is 1. The SMILES string of the molecule is O=C(O)CCC/C=C\C[C@@H]1[C@H](CSC2CCCCC2)[C@@H]2CC[C@H]1O2. The normalized spacial score (nSPS) is 33.5. The van der Waals surface area contributed by atoms with E-state index in [1.165, 1.54) is 50.7 Å². The first-order chi connectivity index (χ1) is 11.7. The predicted octanol–water partition coefficient (Wildman–Crippen LogP) is 5.05. The molecule has 0 unspecified atom stereocenters. The Morgan fingerprint density at radius 3 is 2.54 bits per heavy atom. The second-order valence-corrected chi connectivity index (χ2v) is 9.04. The van der Waals surface area contributed by atoms with Crippen molar-refractivity contribution in [3.8, 4) is 0 Å². The number of carboxylic acids is 1. The molecule has 1 saturated carbocycles. The molecular formula is C20H32O3S. The zero-order valence-electron chi connectivity index (χ0n) is 14.7. The van der Waals surface area contributed by atoms with Crippen LogP contribution < -0.4 is 0 Å². The zero-order chi connectivity index (χ0) is 16.8. The van der Waals surface area contributed by atoms with Crippen molar-refractivity contribution < 1.29 is 14.6 Å². The molecule has 1 N–H and O–H groups in total. The van der Waals surface area contributed by atoms with Gasteiger partial charge in [0.1, 0.15) is 0 Å². The van der Waals surface area contributed by atoms with Gasteiger partial charge in [-0.25, -0.2) is 0 Å². The van der Waals surface area contributed by atoms with Crippen molar-refractivity contribution in [3.05, 3.63) is 12.2 Å². The summed E-state index contributed by atoms with van der Waals surface area (Å²) in [5, 5.41) is 9.57. The molecule has 4 atom stereocenters. The summed E-state index contributed by atoms with van der Waals surface area (Å²) in [5.74, 6) is 2.02. The zero-order valence-corrected chi connectivity index (χ0v) is 15.5. The molecule has 3 fully saturated rings. The van der Waals surface area contributed by atoms with Crippen LogP contribution in [0.4, 0.5) is 0 Å². The largest absolute Gasteiger partial charge is 0.481 e. The fourth-order valence-corrected chi connectivity index (χ4v) is 6.27. The molecule has 0 aromatic heterocycles. The number of thioether (sulfide) groups is 1. The van der Waals surface area contributed by atoms with E-state index in [0.717, 1.165) is 30.4 Å². The Bertz CT molecular complexity index is 431. The number of hydrogen-bond acceptors (Lipinski definition) is 3. The maximum absolute atomic E-state index is 10.5. The Morgan fingerprint density at radius 2 is 1.79 bits per heavy atom. The van der Waals surface area contributed by atoms with Crippen LogP contribution in [0.25, 0.3) is 0 Å². The highest BCUT2D eigenvalue weighted by molar-refractivity contribution is 7.99. The predicted molar refractivity (Wildman–Crippen MR) is 99.4 cm³/mol. The lowest BCUT2D eigenvalue weighted by Gasteiger charge is -2.29. The van der Waals surface area contributed by atoms with Crippen molar-refractivity contribution in [1.82, 2.24) is 0 Å². The second kappa shape index (κ2) is 9.28. The maximum Gasteiger partial charge on any atom is 0.303 e.